The first kappa shape index (κ1) is 14.7. The monoisotopic (exact) mass is 353 g/mol. The van der Waals surface area contributed by atoms with Crippen LogP contribution >= 0.6 is 15.9 Å². The van der Waals surface area contributed by atoms with Crippen LogP contribution < -0.4 is 15.8 Å². The van der Waals surface area contributed by atoms with Gasteiger partial charge in [0.1, 0.15) is 5.75 Å². The third-order valence-corrected chi connectivity index (χ3v) is 4.67. The number of nitrogens with zero attached hydrogens (tertiary/aromatic N) is 1. The summed E-state index contributed by atoms with van der Waals surface area (Å²) in [5.41, 5.74) is 7.79. The molecule has 1 fully saturated rings. The number of hydrogen-bond acceptors (Lipinski definition) is 3. The molecule has 2 amide bonds. The number of rotatable bonds is 3. The molecular weight excluding hydrogens is 334 g/mol. The first-order chi connectivity index (χ1) is 10.1. The fourth-order valence-corrected chi connectivity index (χ4v) is 3.59. The van der Waals surface area contributed by atoms with Gasteiger partial charge in [0.05, 0.1) is 6.61 Å². The molecule has 2 heterocycles. The number of urea groups is 1. The highest BCUT2D eigenvalue weighted by Gasteiger charge is 2.22. The van der Waals surface area contributed by atoms with E-state index >= 15 is 0 Å². The van der Waals surface area contributed by atoms with Crippen molar-refractivity contribution in [1.82, 2.24) is 10.2 Å². The summed E-state index contributed by atoms with van der Waals surface area (Å²) in [6.07, 6.45) is 2.87. The minimum Gasteiger partial charge on any atom is -0.493 e. The minimum atomic E-state index is -0.313. The van der Waals surface area contributed by atoms with Gasteiger partial charge in [-0.15, -0.1) is 0 Å². The predicted molar refractivity (Wildman–Crippen MR) is 84.4 cm³/mol. The van der Waals surface area contributed by atoms with Crippen LogP contribution in [0.1, 0.15) is 24.0 Å². The number of hydrogen-bond donors (Lipinski definition) is 2. The lowest BCUT2D eigenvalue weighted by Gasteiger charge is -2.31. The third kappa shape index (κ3) is 3.32. The van der Waals surface area contributed by atoms with Crippen LogP contribution in [-0.4, -0.2) is 36.7 Å². The first-order valence-electron chi connectivity index (χ1n) is 7.35. The second-order valence-corrected chi connectivity index (χ2v) is 6.55. The number of carbonyl (C=O) groups is 1. The molecule has 0 atom stereocenters. The van der Waals surface area contributed by atoms with Gasteiger partial charge in [0, 0.05) is 42.1 Å². The van der Waals surface area contributed by atoms with Crippen LogP contribution in [0.5, 0.6) is 5.75 Å². The third-order valence-electron chi connectivity index (χ3n) is 4.21. The largest absolute Gasteiger partial charge is 0.493 e. The van der Waals surface area contributed by atoms with Crippen LogP contribution in [0.4, 0.5) is 4.79 Å². The molecule has 3 rings (SSSR count). The zero-order valence-corrected chi connectivity index (χ0v) is 13.5. The average molecular weight is 354 g/mol. The van der Waals surface area contributed by atoms with E-state index in [-0.39, 0.29) is 6.03 Å². The van der Waals surface area contributed by atoms with Crippen molar-refractivity contribution < 1.29 is 9.53 Å². The molecule has 1 aromatic rings. The number of ether oxygens (including phenoxy) is 1. The van der Waals surface area contributed by atoms with Gasteiger partial charge in [0.2, 0.25) is 0 Å². The Morgan fingerprint density at radius 2 is 2.19 bits per heavy atom. The van der Waals surface area contributed by atoms with Gasteiger partial charge >= 0.3 is 6.03 Å². The Morgan fingerprint density at radius 3 is 2.90 bits per heavy atom. The Labute approximate surface area is 132 Å². The summed E-state index contributed by atoms with van der Waals surface area (Å²) in [7, 11) is 0. The summed E-state index contributed by atoms with van der Waals surface area (Å²) in [6.45, 7) is 3.04. The normalized spacial score (nSPS) is 18.4. The molecule has 0 spiro atoms. The number of fused-ring (bicyclic) bond motifs is 1. The van der Waals surface area contributed by atoms with Gasteiger partial charge in [-0.1, -0.05) is 15.9 Å². The molecule has 1 aromatic carbocycles. The molecule has 0 bridgehead atoms. The van der Waals surface area contributed by atoms with Gasteiger partial charge in [0.25, 0.3) is 0 Å². The summed E-state index contributed by atoms with van der Waals surface area (Å²) in [5.74, 6) is 1.04. The SMILES string of the molecule is NC(=O)N1CCC(NCc2cc(Br)cc3c2OCC3)CC1. The van der Waals surface area contributed by atoms with Crippen molar-refractivity contribution in [3.8, 4) is 5.75 Å². The van der Waals surface area contributed by atoms with E-state index in [2.05, 4.69) is 33.4 Å². The van der Waals surface area contributed by atoms with Crippen molar-refractivity contribution in [2.24, 2.45) is 5.73 Å². The molecule has 21 heavy (non-hydrogen) atoms. The predicted octanol–water partition coefficient (Wildman–Crippen LogP) is 2.02. The van der Waals surface area contributed by atoms with E-state index in [0.717, 1.165) is 55.7 Å². The number of amides is 2. The summed E-state index contributed by atoms with van der Waals surface area (Å²) in [6, 6.07) is 4.37. The lowest BCUT2D eigenvalue weighted by molar-refractivity contribution is 0.185. The second-order valence-electron chi connectivity index (χ2n) is 5.63. The molecule has 0 radical (unpaired) electrons. The Hall–Kier alpha value is -1.27. The number of primary amides is 1. The standard InChI is InChI=1S/C15H20BrN3O2/c16-12-7-10-3-6-21-14(10)11(8-12)9-18-13-1-4-19(5-2-13)15(17)20/h7-8,13,18H,1-6,9H2,(H2,17,20). The molecule has 0 saturated carbocycles. The van der Waals surface area contributed by atoms with E-state index in [1.54, 1.807) is 4.90 Å². The maximum atomic E-state index is 11.1. The lowest BCUT2D eigenvalue weighted by Crippen LogP contribution is -2.46. The molecule has 0 aromatic heterocycles. The smallest absolute Gasteiger partial charge is 0.314 e. The van der Waals surface area contributed by atoms with Crippen molar-refractivity contribution in [3.05, 3.63) is 27.7 Å². The van der Waals surface area contributed by atoms with E-state index in [0.29, 0.717) is 6.04 Å². The summed E-state index contributed by atoms with van der Waals surface area (Å²) < 4.78 is 6.85. The Kier molecular flexibility index (Phi) is 4.35. The Bertz CT molecular complexity index is 542. The number of likely N-dealkylation sites (tertiary alicyclic amines) is 1. The lowest BCUT2D eigenvalue weighted by atomic mass is 10.0. The molecule has 0 aliphatic carbocycles. The average Bonchev–Trinajstić information content (AvgIpc) is 2.93. The summed E-state index contributed by atoms with van der Waals surface area (Å²) >= 11 is 3.56. The molecule has 0 unspecified atom stereocenters. The van der Waals surface area contributed by atoms with E-state index in [1.165, 1.54) is 11.1 Å². The number of nitrogens with two attached hydrogens (primary N) is 1. The van der Waals surface area contributed by atoms with Crippen LogP contribution in [0.25, 0.3) is 0 Å². The molecule has 114 valence electrons. The van der Waals surface area contributed by atoms with Gasteiger partial charge < -0.3 is 20.7 Å². The Balaban J connectivity index is 1.58. The Morgan fingerprint density at radius 1 is 1.43 bits per heavy atom. The fourth-order valence-electron chi connectivity index (χ4n) is 3.04. The van der Waals surface area contributed by atoms with Gasteiger partial charge in [-0.3, -0.25) is 0 Å². The topological polar surface area (TPSA) is 67.6 Å². The maximum absolute atomic E-state index is 11.1. The van der Waals surface area contributed by atoms with Gasteiger partial charge in [0.15, 0.2) is 0 Å². The molecule has 6 heteroatoms. The number of benzene rings is 1. The number of halogens is 1. The van der Waals surface area contributed by atoms with Gasteiger partial charge in [-0.2, -0.15) is 0 Å². The molecule has 3 N–H and O–H groups in total. The number of piperidine rings is 1. The van der Waals surface area contributed by atoms with E-state index < -0.39 is 0 Å². The van der Waals surface area contributed by atoms with Crippen LogP contribution in [-0.2, 0) is 13.0 Å². The highest BCUT2D eigenvalue weighted by molar-refractivity contribution is 9.10. The van der Waals surface area contributed by atoms with Crippen LogP contribution in [0, 0.1) is 0 Å². The summed E-state index contributed by atoms with van der Waals surface area (Å²) in [4.78, 5) is 12.8. The zero-order chi connectivity index (χ0) is 14.8. The molecule has 2 aliphatic heterocycles. The first-order valence-corrected chi connectivity index (χ1v) is 8.14. The van der Waals surface area contributed by atoms with Crippen molar-refractivity contribution in [3.63, 3.8) is 0 Å². The van der Waals surface area contributed by atoms with Crippen molar-refractivity contribution in [2.45, 2.75) is 31.8 Å². The molecule has 2 aliphatic rings. The fraction of sp³-hybridized carbons (Fsp3) is 0.533. The molecule has 1 saturated heterocycles. The molecule has 5 nitrogen and oxygen atoms in total. The minimum absolute atomic E-state index is 0.313. The second kappa shape index (κ2) is 6.23. The summed E-state index contributed by atoms with van der Waals surface area (Å²) in [5, 5.41) is 3.57. The van der Waals surface area contributed by atoms with E-state index in [1.807, 2.05) is 0 Å². The van der Waals surface area contributed by atoms with Crippen LogP contribution in [0.3, 0.4) is 0 Å². The van der Waals surface area contributed by atoms with E-state index in [9.17, 15) is 4.79 Å². The number of nitrogens with one attached hydrogen (secondary N) is 1. The van der Waals surface area contributed by atoms with Gasteiger partial charge in [-0.05, 0) is 30.5 Å². The van der Waals surface area contributed by atoms with E-state index in [4.69, 9.17) is 10.5 Å². The number of carbonyl (C=O) groups excluding carboxylic acids is 1. The van der Waals surface area contributed by atoms with Crippen molar-refractivity contribution in [1.29, 1.82) is 0 Å². The van der Waals surface area contributed by atoms with Crippen molar-refractivity contribution >= 4 is 22.0 Å². The van der Waals surface area contributed by atoms with Gasteiger partial charge in [-0.25, -0.2) is 4.79 Å². The maximum Gasteiger partial charge on any atom is 0.314 e. The molecular formula is C15H20BrN3O2. The highest BCUT2D eigenvalue weighted by atomic mass is 79.9. The zero-order valence-electron chi connectivity index (χ0n) is 11.9. The van der Waals surface area contributed by atoms with Crippen LogP contribution in [0.15, 0.2) is 16.6 Å². The van der Waals surface area contributed by atoms with Crippen LogP contribution in [0.2, 0.25) is 0 Å². The highest BCUT2D eigenvalue weighted by Crippen LogP contribution is 2.33. The quantitative estimate of drug-likeness (QED) is 0.873. The van der Waals surface area contributed by atoms with Crippen molar-refractivity contribution in [2.75, 3.05) is 19.7 Å².